The Morgan fingerprint density at radius 1 is 1.26 bits per heavy atom. The lowest BCUT2D eigenvalue weighted by Gasteiger charge is -2.07. The van der Waals surface area contributed by atoms with Crippen molar-refractivity contribution in [2.24, 2.45) is 0 Å². The quantitative estimate of drug-likeness (QED) is 0.728. The van der Waals surface area contributed by atoms with Gasteiger partial charge < -0.3 is 4.98 Å². The zero-order valence-electron chi connectivity index (χ0n) is 10.9. The third kappa shape index (κ3) is 1.85. The number of H-pyrrole nitrogens is 1. The molecule has 4 nitrogen and oxygen atoms in total. The molecule has 3 rings (SSSR count). The Labute approximate surface area is 111 Å². The lowest BCUT2D eigenvalue weighted by Crippen LogP contribution is -1.95. The van der Waals surface area contributed by atoms with Crippen molar-refractivity contribution in [3.8, 4) is 11.3 Å². The monoisotopic (exact) mass is 253 g/mol. The zero-order valence-corrected chi connectivity index (χ0v) is 10.9. The lowest BCUT2D eigenvalue weighted by atomic mass is 10.0. The van der Waals surface area contributed by atoms with Gasteiger partial charge in [-0.15, -0.1) is 0 Å². The minimum absolute atomic E-state index is 0.320. The predicted octanol–water partition coefficient (Wildman–Crippen LogP) is 3.27. The number of rotatable bonds is 3. The summed E-state index contributed by atoms with van der Waals surface area (Å²) in [5.41, 5.74) is 3.73. The maximum absolute atomic E-state index is 10.8. The number of aromatic amines is 1. The third-order valence-corrected chi connectivity index (χ3v) is 3.19. The summed E-state index contributed by atoms with van der Waals surface area (Å²) in [7, 11) is 0. The van der Waals surface area contributed by atoms with Crippen molar-refractivity contribution in [3.05, 3.63) is 47.9 Å². The molecule has 0 amide bonds. The number of hydrogen-bond donors (Lipinski definition) is 1. The molecule has 0 aliphatic rings. The minimum Gasteiger partial charge on any atom is -0.321 e. The second kappa shape index (κ2) is 4.39. The molecule has 96 valence electrons. The fourth-order valence-electron chi connectivity index (χ4n) is 2.38. The SMILES string of the molecule is CC(C)c1c(-c2ccccc2)nc2[nH]c(C=O)cn12. The van der Waals surface area contributed by atoms with Crippen LogP contribution in [0, 0.1) is 0 Å². The van der Waals surface area contributed by atoms with Crippen LogP contribution in [0.3, 0.4) is 0 Å². The summed E-state index contributed by atoms with van der Waals surface area (Å²) >= 11 is 0. The molecule has 0 saturated heterocycles. The maximum Gasteiger partial charge on any atom is 0.212 e. The van der Waals surface area contributed by atoms with Crippen molar-refractivity contribution in [1.29, 1.82) is 0 Å². The number of nitrogens with one attached hydrogen (secondary N) is 1. The zero-order chi connectivity index (χ0) is 13.4. The van der Waals surface area contributed by atoms with Gasteiger partial charge in [-0.25, -0.2) is 4.98 Å². The summed E-state index contributed by atoms with van der Waals surface area (Å²) in [6.45, 7) is 4.26. The van der Waals surface area contributed by atoms with E-state index in [-0.39, 0.29) is 0 Å². The molecule has 0 bridgehead atoms. The normalized spacial score (nSPS) is 11.3. The summed E-state index contributed by atoms with van der Waals surface area (Å²) in [6, 6.07) is 10.1. The molecular formula is C15H15N3O. The fourth-order valence-corrected chi connectivity index (χ4v) is 2.38. The fraction of sp³-hybridized carbons (Fsp3) is 0.200. The van der Waals surface area contributed by atoms with Gasteiger partial charge in [0.25, 0.3) is 0 Å². The van der Waals surface area contributed by atoms with Crippen molar-refractivity contribution in [2.75, 3.05) is 0 Å². The van der Waals surface area contributed by atoms with E-state index in [2.05, 4.69) is 23.8 Å². The predicted molar refractivity (Wildman–Crippen MR) is 74.5 cm³/mol. The molecule has 3 aromatic rings. The van der Waals surface area contributed by atoms with Crippen LogP contribution in [0.5, 0.6) is 0 Å². The van der Waals surface area contributed by atoms with Crippen molar-refractivity contribution < 1.29 is 4.79 Å². The number of aromatic nitrogens is 3. The van der Waals surface area contributed by atoms with Crippen LogP contribution in [0.2, 0.25) is 0 Å². The van der Waals surface area contributed by atoms with Gasteiger partial charge in [-0.05, 0) is 5.92 Å². The average molecular weight is 253 g/mol. The average Bonchev–Trinajstić information content (AvgIpc) is 2.95. The summed E-state index contributed by atoms with van der Waals surface area (Å²) in [6.07, 6.45) is 2.61. The highest BCUT2D eigenvalue weighted by Crippen LogP contribution is 2.29. The van der Waals surface area contributed by atoms with Crippen LogP contribution in [0.4, 0.5) is 0 Å². The van der Waals surface area contributed by atoms with Gasteiger partial charge in [0.2, 0.25) is 5.78 Å². The van der Waals surface area contributed by atoms with Gasteiger partial charge in [0, 0.05) is 11.8 Å². The van der Waals surface area contributed by atoms with Crippen LogP contribution < -0.4 is 0 Å². The van der Waals surface area contributed by atoms with Crippen molar-refractivity contribution in [2.45, 2.75) is 19.8 Å². The molecule has 0 atom stereocenters. The molecule has 0 spiro atoms. The molecule has 2 heterocycles. The van der Waals surface area contributed by atoms with Crippen LogP contribution in [0.1, 0.15) is 35.9 Å². The molecule has 4 heteroatoms. The first-order valence-electron chi connectivity index (χ1n) is 6.32. The highest BCUT2D eigenvalue weighted by atomic mass is 16.1. The molecule has 0 fully saturated rings. The first-order valence-corrected chi connectivity index (χ1v) is 6.32. The smallest absolute Gasteiger partial charge is 0.212 e. The maximum atomic E-state index is 10.8. The highest BCUT2D eigenvalue weighted by Gasteiger charge is 2.18. The van der Waals surface area contributed by atoms with E-state index in [1.807, 2.05) is 34.7 Å². The van der Waals surface area contributed by atoms with Crippen molar-refractivity contribution in [1.82, 2.24) is 14.4 Å². The van der Waals surface area contributed by atoms with Crippen molar-refractivity contribution >= 4 is 12.1 Å². The van der Waals surface area contributed by atoms with E-state index in [1.54, 1.807) is 6.20 Å². The number of hydrogen-bond acceptors (Lipinski definition) is 2. The second-order valence-corrected chi connectivity index (χ2v) is 4.89. The molecule has 0 saturated carbocycles. The summed E-state index contributed by atoms with van der Waals surface area (Å²) in [5, 5.41) is 0. The van der Waals surface area contributed by atoms with E-state index in [0.717, 1.165) is 23.2 Å². The van der Waals surface area contributed by atoms with Gasteiger partial charge in [-0.2, -0.15) is 0 Å². The molecule has 0 radical (unpaired) electrons. The minimum atomic E-state index is 0.320. The Bertz CT molecular complexity index is 723. The number of imidazole rings is 2. The van der Waals surface area contributed by atoms with Gasteiger partial charge >= 0.3 is 0 Å². The molecule has 0 aliphatic carbocycles. The number of fused-ring (bicyclic) bond motifs is 1. The van der Waals surface area contributed by atoms with Gasteiger partial charge in [0.05, 0.1) is 17.1 Å². The Balaban J connectivity index is 2.28. The largest absolute Gasteiger partial charge is 0.321 e. The van der Waals surface area contributed by atoms with Crippen LogP contribution in [-0.4, -0.2) is 20.7 Å². The first kappa shape index (κ1) is 11.7. The molecular weight excluding hydrogens is 238 g/mol. The summed E-state index contributed by atoms with van der Waals surface area (Å²) in [5.74, 6) is 1.03. The lowest BCUT2D eigenvalue weighted by molar-refractivity contribution is 0.111. The molecule has 1 N–H and O–H groups in total. The second-order valence-electron chi connectivity index (χ2n) is 4.89. The first-order chi connectivity index (χ1) is 9.20. The van der Waals surface area contributed by atoms with E-state index >= 15 is 0 Å². The molecule has 19 heavy (non-hydrogen) atoms. The Morgan fingerprint density at radius 2 is 2.00 bits per heavy atom. The Morgan fingerprint density at radius 3 is 2.63 bits per heavy atom. The highest BCUT2D eigenvalue weighted by molar-refractivity contribution is 5.74. The number of aldehydes is 1. The van der Waals surface area contributed by atoms with Gasteiger partial charge in [0.15, 0.2) is 6.29 Å². The molecule has 2 aromatic heterocycles. The number of nitrogens with zero attached hydrogens (tertiary/aromatic N) is 2. The van der Waals surface area contributed by atoms with Gasteiger partial charge in [-0.3, -0.25) is 9.20 Å². The molecule has 0 aliphatic heterocycles. The van der Waals surface area contributed by atoms with E-state index in [1.165, 1.54) is 0 Å². The van der Waals surface area contributed by atoms with Crippen LogP contribution in [-0.2, 0) is 0 Å². The topological polar surface area (TPSA) is 50.2 Å². The van der Waals surface area contributed by atoms with E-state index < -0.39 is 0 Å². The third-order valence-electron chi connectivity index (χ3n) is 3.19. The Hall–Kier alpha value is -2.36. The van der Waals surface area contributed by atoms with Crippen molar-refractivity contribution in [3.63, 3.8) is 0 Å². The molecule has 0 unspecified atom stereocenters. The van der Waals surface area contributed by atoms with Crippen LogP contribution in [0.15, 0.2) is 36.5 Å². The van der Waals surface area contributed by atoms with Crippen LogP contribution in [0.25, 0.3) is 17.0 Å². The Kier molecular flexibility index (Phi) is 2.71. The van der Waals surface area contributed by atoms with E-state index in [9.17, 15) is 4.79 Å². The van der Waals surface area contributed by atoms with Gasteiger partial charge in [0.1, 0.15) is 0 Å². The summed E-state index contributed by atoms with van der Waals surface area (Å²) < 4.78 is 1.97. The number of benzene rings is 1. The van der Waals surface area contributed by atoms with Gasteiger partial charge in [-0.1, -0.05) is 44.2 Å². The summed E-state index contributed by atoms with van der Waals surface area (Å²) in [4.78, 5) is 18.5. The van der Waals surface area contributed by atoms with Crippen LogP contribution >= 0.6 is 0 Å². The number of carbonyl (C=O) groups excluding carboxylic acids is 1. The molecule has 1 aromatic carbocycles. The van der Waals surface area contributed by atoms with E-state index in [0.29, 0.717) is 17.4 Å². The van der Waals surface area contributed by atoms with E-state index in [4.69, 9.17) is 0 Å². The standard InChI is InChI=1S/C15H15N3O/c1-10(2)14-13(11-6-4-3-5-7-11)17-15-16-12(9-19)8-18(14)15/h3-10H,1-2H3,(H,16,17). The number of carbonyl (C=O) groups is 1.